The zero-order valence-electron chi connectivity index (χ0n) is 14.4. The molecule has 1 N–H and O–H groups in total. The quantitative estimate of drug-likeness (QED) is 0.807. The molecule has 0 aromatic rings. The van der Waals surface area contributed by atoms with E-state index in [1.807, 2.05) is 0 Å². The number of nitrogens with one attached hydrogen (secondary N) is 1. The third-order valence-corrected chi connectivity index (χ3v) is 6.29. The predicted molar refractivity (Wildman–Crippen MR) is 88.5 cm³/mol. The number of hydrogen-bond donors (Lipinski definition) is 1. The van der Waals surface area contributed by atoms with Crippen LogP contribution < -0.4 is 5.32 Å². The minimum absolute atomic E-state index is 0.123. The fourth-order valence-corrected chi connectivity index (χ4v) is 5.39. The average molecular weight is 293 g/mol. The molecule has 21 heavy (non-hydrogen) atoms. The van der Waals surface area contributed by atoms with Crippen molar-refractivity contribution in [2.75, 3.05) is 13.1 Å². The molecule has 3 aliphatic rings. The highest BCUT2D eigenvalue weighted by Crippen LogP contribution is 2.48. The first-order valence-corrected chi connectivity index (χ1v) is 9.38. The largest absolute Gasteiger partial charge is 0.369 e. The highest BCUT2D eigenvalue weighted by Gasteiger charge is 2.49. The molecular formula is C19H35NO. The van der Waals surface area contributed by atoms with Gasteiger partial charge in [-0.3, -0.25) is 0 Å². The molecule has 3 atom stereocenters. The van der Waals surface area contributed by atoms with Gasteiger partial charge in [-0.2, -0.15) is 0 Å². The molecule has 122 valence electrons. The van der Waals surface area contributed by atoms with Gasteiger partial charge in [-0.25, -0.2) is 0 Å². The lowest BCUT2D eigenvalue weighted by Crippen LogP contribution is -2.61. The lowest BCUT2D eigenvalue weighted by molar-refractivity contribution is -0.187. The normalized spacial score (nSPS) is 39.0. The maximum Gasteiger partial charge on any atom is 0.0843 e. The summed E-state index contributed by atoms with van der Waals surface area (Å²) in [6.07, 6.45) is 12.9. The van der Waals surface area contributed by atoms with Crippen LogP contribution in [0.15, 0.2) is 0 Å². The Morgan fingerprint density at radius 2 is 1.76 bits per heavy atom. The zero-order valence-corrected chi connectivity index (χ0v) is 14.4. The molecule has 1 aliphatic heterocycles. The standard InChI is InChI=1S/C19H35NO/c1-18(2,3)17-10-6-7-11-19(17)14-20-13-16(21-19)12-15-8-4-5-9-15/h15-17,20H,4-14H2,1-3H3. The summed E-state index contributed by atoms with van der Waals surface area (Å²) in [6.45, 7) is 9.39. The second-order valence-corrected chi connectivity index (χ2v) is 8.99. The van der Waals surface area contributed by atoms with Crippen LogP contribution in [0.3, 0.4) is 0 Å². The molecule has 3 unspecified atom stereocenters. The van der Waals surface area contributed by atoms with Gasteiger partial charge < -0.3 is 10.1 Å². The van der Waals surface area contributed by atoms with Crippen molar-refractivity contribution in [2.24, 2.45) is 17.3 Å². The SMILES string of the molecule is CC(C)(C)C1CCCCC12CNCC(CC1CCCC1)O2. The van der Waals surface area contributed by atoms with Crippen LogP contribution in [0, 0.1) is 17.3 Å². The second kappa shape index (κ2) is 6.20. The Morgan fingerprint density at radius 3 is 2.48 bits per heavy atom. The molecule has 0 amide bonds. The van der Waals surface area contributed by atoms with Gasteiger partial charge in [0, 0.05) is 13.1 Å². The summed E-state index contributed by atoms with van der Waals surface area (Å²) in [7, 11) is 0. The fourth-order valence-electron chi connectivity index (χ4n) is 5.39. The Labute approximate surface area is 131 Å². The van der Waals surface area contributed by atoms with E-state index in [1.54, 1.807) is 0 Å². The van der Waals surface area contributed by atoms with Gasteiger partial charge in [0.15, 0.2) is 0 Å². The number of morpholine rings is 1. The predicted octanol–water partition coefficient (Wildman–Crippen LogP) is 4.53. The topological polar surface area (TPSA) is 21.3 Å². The van der Waals surface area contributed by atoms with Crippen molar-refractivity contribution in [1.82, 2.24) is 5.32 Å². The first kappa shape index (κ1) is 15.8. The molecule has 2 aliphatic carbocycles. The number of ether oxygens (including phenoxy) is 1. The minimum Gasteiger partial charge on any atom is -0.369 e. The third kappa shape index (κ3) is 3.47. The summed E-state index contributed by atoms with van der Waals surface area (Å²) in [5, 5.41) is 3.75. The van der Waals surface area contributed by atoms with Gasteiger partial charge in [0.05, 0.1) is 11.7 Å². The van der Waals surface area contributed by atoms with Gasteiger partial charge >= 0.3 is 0 Å². The summed E-state index contributed by atoms with van der Waals surface area (Å²) in [4.78, 5) is 0. The van der Waals surface area contributed by atoms with Crippen molar-refractivity contribution < 1.29 is 4.74 Å². The number of rotatable bonds is 2. The maximum absolute atomic E-state index is 6.85. The summed E-state index contributed by atoms with van der Waals surface area (Å²) in [5.74, 6) is 1.64. The van der Waals surface area contributed by atoms with Gasteiger partial charge in [0.1, 0.15) is 0 Å². The molecule has 0 radical (unpaired) electrons. The van der Waals surface area contributed by atoms with Gasteiger partial charge in [-0.05, 0) is 36.5 Å². The molecule has 0 aromatic carbocycles. The molecule has 2 heteroatoms. The van der Waals surface area contributed by atoms with Crippen molar-refractivity contribution in [3.63, 3.8) is 0 Å². The Morgan fingerprint density at radius 1 is 1.05 bits per heavy atom. The van der Waals surface area contributed by atoms with E-state index in [4.69, 9.17) is 4.74 Å². The monoisotopic (exact) mass is 293 g/mol. The van der Waals surface area contributed by atoms with Crippen molar-refractivity contribution in [1.29, 1.82) is 0 Å². The van der Waals surface area contributed by atoms with Crippen LogP contribution in [-0.2, 0) is 4.74 Å². The van der Waals surface area contributed by atoms with Crippen molar-refractivity contribution in [2.45, 2.75) is 90.3 Å². The lowest BCUT2D eigenvalue weighted by Gasteiger charge is -2.53. The first-order valence-electron chi connectivity index (χ1n) is 9.38. The van der Waals surface area contributed by atoms with Gasteiger partial charge in [-0.1, -0.05) is 59.3 Å². The molecule has 0 bridgehead atoms. The van der Waals surface area contributed by atoms with E-state index in [0.717, 1.165) is 19.0 Å². The summed E-state index contributed by atoms with van der Waals surface area (Å²) in [6, 6.07) is 0. The van der Waals surface area contributed by atoms with Crippen LogP contribution in [0.1, 0.15) is 78.6 Å². The Hall–Kier alpha value is -0.0800. The van der Waals surface area contributed by atoms with Crippen LogP contribution in [0.4, 0.5) is 0 Å². The Balaban J connectivity index is 1.69. The molecule has 2 nitrogen and oxygen atoms in total. The van der Waals surface area contributed by atoms with E-state index < -0.39 is 0 Å². The maximum atomic E-state index is 6.85. The van der Waals surface area contributed by atoms with E-state index in [9.17, 15) is 0 Å². The van der Waals surface area contributed by atoms with E-state index in [1.165, 1.54) is 57.8 Å². The van der Waals surface area contributed by atoms with E-state index in [-0.39, 0.29) is 5.60 Å². The van der Waals surface area contributed by atoms with Crippen LogP contribution in [0.5, 0.6) is 0 Å². The van der Waals surface area contributed by atoms with Crippen LogP contribution >= 0.6 is 0 Å². The minimum atomic E-state index is 0.123. The number of hydrogen-bond acceptors (Lipinski definition) is 2. The molecule has 1 saturated heterocycles. The average Bonchev–Trinajstić information content (AvgIpc) is 2.91. The van der Waals surface area contributed by atoms with E-state index in [2.05, 4.69) is 26.1 Å². The summed E-state index contributed by atoms with van der Waals surface area (Å²) < 4.78 is 6.85. The molecule has 2 saturated carbocycles. The fraction of sp³-hybridized carbons (Fsp3) is 1.00. The van der Waals surface area contributed by atoms with Gasteiger partial charge in [0.2, 0.25) is 0 Å². The van der Waals surface area contributed by atoms with Crippen LogP contribution in [0.25, 0.3) is 0 Å². The molecule has 1 spiro atoms. The Kier molecular flexibility index (Phi) is 4.66. The second-order valence-electron chi connectivity index (χ2n) is 8.99. The van der Waals surface area contributed by atoms with Gasteiger partial charge in [0.25, 0.3) is 0 Å². The van der Waals surface area contributed by atoms with Crippen LogP contribution in [-0.4, -0.2) is 24.8 Å². The Bertz CT molecular complexity index is 338. The first-order chi connectivity index (χ1) is 10.00. The molecule has 0 aromatic heterocycles. The lowest BCUT2D eigenvalue weighted by atomic mass is 9.63. The zero-order chi connectivity index (χ0) is 14.9. The molecular weight excluding hydrogens is 258 g/mol. The van der Waals surface area contributed by atoms with Crippen molar-refractivity contribution >= 4 is 0 Å². The highest BCUT2D eigenvalue weighted by atomic mass is 16.5. The smallest absolute Gasteiger partial charge is 0.0843 e. The van der Waals surface area contributed by atoms with E-state index in [0.29, 0.717) is 17.4 Å². The molecule has 3 fully saturated rings. The summed E-state index contributed by atoms with van der Waals surface area (Å²) in [5.41, 5.74) is 0.482. The third-order valence-electron chi connectivity index (χ3n) is 6.29. The molecule has 1 heterocycles. The van der Waals surface area contributed by atoms with Crippen molar-refractivity contribution in [3.8, 4) is 0 Å². The summed E-state index contributed by atoms with van der Waals surface area (Å²) >= 11 is 0. The van der Waals surface area contributed by atoms with Gasteiger partial charge in [-0.15, -0.1) is 0 Å². The highest BCUT2D eigenvalue weighted by molar-refractivity contribution is 5.01. The van der Waals surface area contributed by atoms with Crippen LogP contribution in [0.2, 0.25) is 0 Å². The van der Waals surface area contributed by atoms with Crippen molar-refractivity contribution in [3.05, 3.63) is 0 Å². The molecule has 3 rings (SSSR count). The van der Waals surface area contributed by atoms with E-state index >= 15 is 0 Å².